The van der Waals surface area contributed by atoms with E-state index in [0.29, 0.717) is 18.5 Å². The molecular weight excluding hydrogens is 504 g/mol. The number of nitrogens with zero attached hydrogens (tertiary/aromatic N) is 3. The number of likely N-dealkylation sites (N-methyl/N-ethyl adjacent to an activating group) is 1. The van der Waals surface area contributed by atoms with Crippen molar-refractivity contribution in [3.05, 3.63) is 100.0 Å². The summed E-state index contributed by atoms with van der Waals surface area (Å²) in [5.41, 5.74) is 11.7. The number of amides is 3. The molecule has 0 saturated heterocycles. The first-order valence-electron chi connectivity index (χ1n) is 11.8. The summed E-state index contributed by atoms with van der Waals surface area (Å²) in [5.74, 6) is -1.19. The second kappa shape index (κ2) is 10.3. The number of aryl methyl sites for hydroxylation is 1. The Kier molecular flexibility index (Phi) is 6.76. The van der Waals surface area contributed by atoms with E-state index in [1.807, 2.05) is 42.5 Å². The van der Waals surface area contributed by atoms with Crippen LogP contribution in [0.2, 0.25) is 5.15 Å². The van der Waals surface area contributed by atoms with Crippen molar-refractivity contribution in [3.63, 3.8) is 0 Å². The summed E-state index contributed by atoms with van der Waals surface area (Å²) in [6.45, 7) is 0. The smallest absolute Gasteiger partial charge is 0.269 e. The number of halogens is 1. The molecule has 190 valence electrons. The summed E-state index contributed by atoms with van der Waals surface area (Å²) in [6.07, 6.45) is 5.96. The van der Waals surface area contributed by atoms with Crippen molar-refractivity contribution in [2.45, 2.75) is 12.8 Å². The molecule has 9 nitrogen and oxygen atoms in total. The second-order valence-corrected chi connectivity index (χ2v) is 9.02. The number of fused-ring (bicyclic) bond motifs is 3. The maximum atomic E-state index is 12.8. The third-order valence-electron chi connectivity index (χ3n) is 6.30. The lowest BCUT2D eigenvalue weighted by atomic mass is 9.88. The molecule has 0 saturated carbocycles. The first-order valence-corrected chi connectivity index (χ1v) is 12.2. The van der Waals surface area contributed by atoms with E-state index < -0.39 is 5.91 Å². The zero-order chi connectivity index (χ0) is 26.8. The number of nitrogens with one attached hydrogen (secondary N) is 2. The molecule has 0 unspecified atom stereocenters. The van der Waals surface area contributed by atoms with Gasteiger partial charge in [0.2, 0.25) is 5.91 Å². The molecule has 2 aromatic heterocycles. The standard InChI is InChI=1S/C28H23ClN6O3/c1-31-23(36)13-6-16-4-10-19(11-5-16)35-25-20(24(34-35)27(30)37)12-8-17-7-9-18(15-22(17)25)33-28(38)21-3-2-14-32-26(21)29/h2-7,9-11,13-15H,8,12H2,1H3,(H2,30,37)(H,31,36)(H,33,38). The van der Waals surface area contributed by atoms with E-state index in [1.165, 1.54) is 12.3 Å². The zero-order valence-corrected chi connectivity index (χ0v) is 21.1. The Morgan fingerprint density at radius 2 is 1.87 bits per heavy atom. The van der Waals surface area contributed by atoms with Crippen LogP contribution >= 0.6 is 11.6 Å². The maximum Gasteiger partial charge on any atom is 0.269 e. The van der Waals surface area contributed by atoms with Crippen molar-refractivity contribution in [3.8, 4) is 16.9 Å². The number of anilines is 1. The van der Waals surface area contributed by atoms with Crippen LogP contribution < -0.4 is 16.4 Å². The van der Waals surface area contributed by atoms with E-state index in [0.717, 1.165) is 33.6 Å². The zero-order valence-electron chi connectivity index (χ0n) is 20.4. The highest BCUT2D eigenvalue weighted by molar-refractivity contribution is 6.33. The van der Waals surface area contributed by atoms with E-state index in [4.69, 9.17) is 17.3 Å². The van der Waals surface area contributed by atoms with E-state index in [9.17, 15) is 14.4 Å². The molecule has 0 fully saturated rings. The number of rotatable bonds is 6. The fraction of sp³-hybridized carbons (Fsp3) is 0.107. The fourth-order valence-corrected chi connectivity index (χ4v) is 4.64. The van der Waals surface area contributed by atoms with Crippen LogP contribution in [0.15, 0.2) is 66.9 Å². The van der Waals surface area contributed by atoms with Gasteiger partial charge in [0.15, 0.2) is 5.69 Å². The van der Waals surface area contributed by atoms with Crippen LogP contribution in [-0.4, -0.2) is 39.5 Å². The molecule has 0 bridgehead atoms. The van der Waals surface area contributed by atoms with Gasteiger partial charge in [-0.1, -0.05) is 29.8 Å². The number of aromatic nitrogens is 3. The quantitative estimate of drug-likeness (QED) is 0.260. The van der Waals surface area contributed by atoms with Crippen LogP contribution in [-0.2, 0) is 17.6 Å². The fourth-order valence-electron chi connectivity index (χ4n) is 4.44. The van der Waals surface area contributed by atoms with Crippen LogP contribution in [0.3, 0.4) is 0 Å². The maximum absolute atomic E-state index is 12.8. The monoisotopic (exact) mass is 526 g/mol. The molecule has 5 rings (SSSR count). The van der Waals surface area contributed by atoms with Crippen LogP contribution in [0, 0.1) is 0 Å². The molecule has 4 aromatic rings. The largest absolute Gasteiger partial charge is 0.364 e. The number of pyridine rings is 1. The Balaban J connectivity index is 1.55. The van der Waals surface area contributed by atoms with Crippen molar-refractivity contribution >= 4 is 41.1 Å². The summed E-state index contributed by atoms with van der Waals surface area (Å²) in [6, 6.07) is 16.3. The average molecular weight is 527 g/mol. The number of hydrogen-bond donors (Lipinski definition) is 3. The molecule has 0 radical (unpaired) electrons. The number of carbonyl (C=O) groups excluding carboxylic acids is 3. The minimum Gasteiger partial charge on any atom is -0.364 e. The highest BCUT2D eigenvalue weighted by Gasteiger charge is 2.28. The molecule has 10 heteroatoms. The SMILES string of the molecule is CNC(=O)C=Cc1ccc(-n2nc(C(N)=O)c3c2-c2cc(NC(=O)c4cccnc4Cl)ccc2CC3)cc1. The molecule has 0 aliphatic heterocycles. The summed E-state index contributed by atoms with van der Waals surface area (Å²) in [7, 11) is 1.57. The molecule has 2 aromatic carbocycles. The normalized spacial score (nSPS) is 12.1. The third kappa shape index (κ3) is 4.79. The van der Waals surface area contributed by atoms with Gasteiger partial charge >= 0.3 is 0 Å². The predicted molar refractivity (Wildman–Crippen MR) is 145 cm³/mol. The van der Waals surface area contributed by atoms with E-state index in [2.05, 4.69) is 20.7 Å². The predicted octanol–water partition coefficient (Wildman–Crippen LogP) is 3.80. The number of carbonyl (C=O) groups is 3. The van der Waals surface area contributed by atoms with Gasteiger partial charge in [-0.3, -0.25) is 14.4 Å². The molecule has 1 aliphatic carbocycles. The highest BCUT2D eigenvalue weighted by atomic mass is 35.5. The Bertz CT molecular complexity index is 1610. The lowest BCUT2D eigenvalue weighted by Gasteiger charge is -2.20. The van der Waals surface area contributed by atoms with Crippen molar-refractivity contribution in [2.75, 3.05) is 12.4 Å². The molecule has 38 heavy (non-hydrogen) atoms. The molecule has 1 aliphatic rings. The Morgan fingerprint density at radius 1 is 1.08 bits per heavy atom. The topological polar surface area (TPSA) is 132 Å². The van der Waals surface area contributed by atoms with Gasteiger partial charge in [0.05, 0.1) is 16.9 Å². The van der Waals surface area contributed by atoms with Gasteiger partial charge in [-0.2, -0.15) is 5.10 Å². The first-order chi connectivity index (χ1) is 18.4. The van der Waals surface area contributed by atoms with Crippen LogP contribution in [0.25, 0.3) is 23.0 Å². The second-order valence-electron chi connectivity index (χ2n) is 8.66. The van der Waals surface area contributed by atoms with Gasteiger partial charge in [-0.15, -0.1) is 0 Å². The van der Waals surface area contributed by atoms with Crippen LogP contribution in [0.4, 0.5) is 5.69 Å². The lowest BCUT2D eigenvalue weighted by molar-refractivity contribution is -0.115. The highest BCUT2D eigenvalue weighted by Crippen LogP contribution is 2.38. The van der Waals surface area contributed by atoms with Crippen molar-refractivity contribution in [1.29, 1.82) is 0 Å². The summed E-state index contributed by atoms with van der Waals surface area (Å²) >= 11 is 6.09. The Morgan fingerprint density at radius 3 is 2.58 bits per heavy atom. The van der Waals surface area contributed by atoms with Crippen molar-refractivity contribution in [1.82, 2.24) is 20.1 Å². The molecule has 0 atom stereocenters. The third-order valence-corrected chi connectivity index (χ3v) is 6.60. The average Bonchev–Trinajstić information content (AvgIpc) is 3.33. The molecule has 3 amide bonds. The Hall–Kier alpha value is -4.76. The van der Waals surface area contributed by atoms with Gasteiger partial charge in [-0.25, -0.2) is 9.67 Å². The summed E-state index contributed by atoms with van der Waals surface area (Å²) in [4.78, 5) is 40.6. The summed E-state index contributed by atoms with van der Waals surface area (Å²) in [5, 5.41) is 10.1. The van der Waals surface area contributed by atoms with Crippen molar-refractivity contribution in [2.24, 2.45) is 5.73 Å². The number of benzene rings is 2. The van der Waals surface area contributed by atoms with Gasteiger partial charge in [0.25, 0.3) is 11.8 Å². The van der Waals surface area contributed by atoms with E-state index in [1.54, 1.807) is 29.9 Å². The molecule has 2 heterocycles. The van der Waals surface area contributed by atoms with E-state index >= 15 is 0 Å². The molecular formula is C28H23ClN6O3. The summed E-state index contributed by atoms with van der Waals surface area (Å²) < 4.78 is 1.70. The van der Waals surface area contributed by atoms with Gasteiger partial charge in [0.1, 0.15) is 5.15 Å². The van der Waals surface area contributed by atoms with Crippen LogP contribution in [0.1, 0.15) is 37.5 Å². The number of nitrogens with two attached hydrogens (primary N) is 1. The molecule has 0 spiro atoms. The molecule has 4 N–H and O–H groups in total. The lowest BCUT2D eigenvalue weighted by Crippen LogP contribution is -2.16. The number of primary amides is 1. The number of hydrogen-bond acceptors (Lipinski definition) is 5. The first kappa shape index (κ1) is 24.9. The van der Waals surface area contributed by atoms with Gasteiger partial charge in [-0.05, 0) is 66.4 Å². The van der Waals surface area contributed by atoms with Crippen LogP contribution in [0.5, 0.6) is 0 Å². The minimum absolute atomic E-state index is 0.114. The van der Waals surface area contributed by atoms with Gasteiger partial charge < -0.3 is 16.4 Å². The Labute approximate surface area is 223 Å². The minimum atomic E-state index is -0.607. The van der Waals surface area contributed by atoms with Gasteiger partial charge in [0, 0.05) is 36.1 Å². The van der Waals surface area contributed by atoms with E-state index in [-0.39, 0.29) is 28.2 Å². The van der Waals surface area contributed by atoms with Crippen molar-refractivity contribution < 1.29 is 14.4 Å².